The second-order valence-corrected chi connectivity index (χ2v) is 22.8. The van der Waals surface area contributed by atoms with Gasteiger partial charge in [-0.3, -0.25) is 9.59 Å². The van der Waals surface area contributed by atoms with Gasteiger partial charge in [-0.25, -0.2) is 0 Å². The van der Waals surface area contributed by atoms with Gasteiger partial charge in [0.1, 0.15) is 16.5 Å². The third kappa shape index (κ3) is 12.1. The number of rotatable bonds is 8. The summed E-state index contributed by atoms with van der Waals surface area (Å²) in [5.74, 6) is -0.176. The first-order valence-corrected chi connectivity index (χ1v) is 18.3. The highest BCUT2D eigenvalue weighted by atomic mass is 28.4. The lowest BCUT2D eigenvalue weighted by Crippen LogP contribution is -2.53. The molecule has 2 N–H and O–H groups in total. The van der Waals surface area contributed by atoms with Crippen molar-refractivity contribution < 1.29 is 14.0 Å². The highest BCUT2D eigenvalue weighted by Gasteiger charge is 2.30. The molecule has 130 valence electrons. The summed E-state index contributed by atoms with van der Waals surface area (Å²) in [5.41, 5.74) is 0. The summed E-state index contributed by atoms with van der Waals surface area (Å²) in [5, 5.41) is 0. The number of hydrogen-bond acceptors (Lipinski definition) is 4. The zero-order valence-electron chi connectivity index (χ0n) is 15.7. The quantitative estimate of drug-likeness (QED) is 0.652. The Balaban J connectivity index is 4.75. The molecule has 0 radical (unpaired) electrons. The van der Waals surface area contributed by atoms with E-state index >= 15 is 0 Å². The molecule has 0 spiro atoms. The molecule has 0 aliphatic rings. The SMILES string of the molecule is C[Si](C)(C)NC(=O)CC[C@H](N[Si](C)(C)C)C(=O)O[Si](C)(C)C. The Kier molecular flexibility index (Phi) is 7.73. The Morgan fingerprint density at radius 1 is 0.909 bits per heavy atom. The predicted octanol–water partition coefficient (Wildman–Crippen LogP) is 2.89. The van der Waals surface area contributed by atoms with Gasteiger partial charge >= 0.3 is 5.97 Å². The fraction of sp³-hybridized carbons (Fsp3) is 0.857. The maximum absolute atomic E-state index is 12.4. The second kappa shape index (κ2) is 7.89. The fourth-order valence-corrected chi connectivity index (χ4v) is 4.92. The molecule has 0 bridgehead atoms. The van der Waals surface area contributed by atoms with Crippen molar-refractivity contribution in [3.63, 3.8) is 0 Å². The Hall–Kier alpha value is -0.449. The zero-order chi connectivity index (χ0) is 17.8. The van der Waals surface area contributed by atoms with Crippen LogP contribution in [0.1, 0.15) is 12.8 Å². The second-order valence-electron chi connectivity index (χ2n) is 8.82. The van der Waals surface area contributed by atoms with Crippen LogP contribution >= 0.6 is 0 Å². The van der Waals surface area contributed by atoms with Crippen LogP contribution in [0.5, 0.6) is 0 Å². The molecule has 0 aromatic rings. The number of nitrogens with one attached hydrogen (secondary N) is 2. The lowest BCUT2D eigenvalue weighted by atomic mass is 10.2. The Morgan fingerprint density at radius 2 is 1.41 bits per heavy atom. The van der Waals surface area contributed by atoms with Crippen molar-refractivity contribution in [2.24, 2.45) is 0 Å². The molecule has 0 aromatic carbocycles. The standard InChI is InChI=1S/C14H34N2O3Si3/c1-20(2,3)15-12(14(18)19-22(7,8)9)10-11-13(17)16-21(4,5)6/h12,15H,10-11H2,1-9H3,(H,16,17)/t12-/m0/s1. The molecule has 0 unspecified atom stereocenters. The van der Waals surface area contributed by atoms with Crippen LogP contribution in [0.15, 0.2) is 0 Å². The monoisotopic (exact) mass is 362 g/mol. The van der Waals surface area contributed by atoms with Crippen molar-refractivity contribution >= 4 is 36.7 Å². The summed E-state index contributed by atoms with van der Waals surface area (Å²) in [6.45, 7) is 18.7. The summed E-state index contributed by atoms with van der Waals surface area (Å²) in [4.78, 5) is 30.9. The van der Waals surface area contributed by atoms with Crippen LogP contribution in [0.3, 0.4) is 0 Å². The summed E-state index contributed by atoms with van der Waals surface area (Å²) < 4.78 is 5.62. The highest BCUT2D eigenvalue weighted by molar-refractivity contribution is 6.75. The molecular weight excluding hydrogens is 328 g/mol. The number of carbonyl (C=O) groups is 2. The van der Waals surface area contributed by atoms with E-state index in [1.165, 1.54) is 0 Å². The maximum Gasteiger partial charge on any atom is 0.309 e. The van der Waals surface area contributed by atoms with Gasteiger partial charge in [-0.05, 0) is 26.1 Å². The molecule has 0 saturated heterocycles. The molecule has 1 amide bonds. The Bertz CT molecular complexity index is 396. The van der Waals surface area contributed by atoms with Gasteiger partial charge in [0.25, 0.3) is 0 Å². The van der Waals surface area contributed by atoms with Crippen LogP contribution in [-0.4, -0.2) is 42.7 Å². The Labute approximate surface area is 138 Å². The summed E-state index contributed by atoms with van der Waals surface area (Å²) in [7, 11) is -5.18. The van der Waals surface area contributed by atoms with Crippen molar-refractivity contribution in [3.8, 4) is 0 Å². The summed E-state index contributed by atoms with van der Waals surface area (Å²) >= 11 is 0. The van der Waals surface area contributed by atoms with Crippen LogP contribution in [-0.2, 0) is 14.0 Å². The van der Waals surface area contributed by atoms with Gasteiger partial charge in [-0.1, -0.05) is 39.3 Å². The smallest absolute Gasteiger partial charge is 0.309 e. The van der Waals surface area contributed by atoms with E-state index < -0.39 is 24.8 Å². The van der Waals surface area contributed by atoms with Crippen molar-refractivity contribution in [3.05, 3.63) is 0 Å². The molecule has 0 saturated carbocycles. The van der Waals surface area contributed by atoms with E-state index in [9.17, 15) is 9.59 Å². The molecule has 0 aliphatic carbocycles. The van der Waals surface area contributed by atoms with Gasteiger partial charge in [0.2, 0.25) is 14.2 Å². The molecule has 0 fully saturated rings. The van der Waals surface area contributed by atoms with Crippen LogP contribution in [0.4, 0.5) is 0 Å². The Morgan fingerprint density at radius 3 is 1.77 bits per heavy atom. The molecule has 1 atom stereocenters. The zero-order valence-corrected chi connectivity index (χ0v) is 18.7. The first-order valence-electron chi connectivity index (χ1n) is 7.91. The summed E-state index contributed by atoms with van der Waals surface area (Å²) in [6, 6.07) is -0.384. The topological polar surface area (TPSA) is 67.4 Å². The first kappa shape index (κ1) is 21.6. The minimum absolute atomic E-state index is 0.0300. The van der Waals surface area contributed by atoms with E-state index in [0.717, 1.165) is 0 Å². The molecule has 0 aromatic heterocycles. The highest BCUT2D eigenvalue weighted by Crippen LogP contribution is 2.11. The van der Waals surface area contributed by atoms with Crippen LogP contribution < -0.4 is 9.96 Å². The van der Waals surface area contributed by atoms with Gasteiger partial charge in [-0.15, -0.1) is 0 Å². The molecule has 0 heterocycles. The van der Waals surface area contributed by atoms with E-state index in [1.807, 2.05) is 19.6 Å². The van der Waals surface area contributed by atoms with Gasteiger partial charge < -0.3 is 14.4 Å². The van der Waals surface area contributed by atoms with E-state index in [0.29, 0.717) is 12.8 Å². The largest absolute Gasteiger partial charge is 0.519 e. The van der Waals surface area contributed by atoms with Gasteiger partial charge in [0, 0.05) is 6.42 Å². The predicted molar refractivity (Wildman–Crippen MR) is 100 cm³/mol. The number of amides is 1. The normalized spacial score (nSPS) is 14.4. The lowest BCUT2D eigenvalue weighted by Gasteiger charge is -2.29. The van der Waals surface area contributed by atoms with Crippen molar-refractivity contribution in [2.45, 2.75) is 77.8 Å². The van der Waals surface area contributed by atoms with Crippen LogP contribution in [0.25, 0.3) is 0 Å². The third-order valence-corrected chi connectivity index (χ3v) is 5.53. The molecule has 22 heavy (non-hydrogen) atoms. The van der Waals surface area contributed by atoms with E-state index in [4.69, 9.17) is 4.43 Å². The number of hydrogen-bond donors (Lipinski definition) is 2. The van der Waals surface area contributed by atoms with E-state index in [1.54, 1.807) is 0 Å². The maximum atomic E-state index is 12.4. The van der Waals surface area contributed by atoms with Crippen LogP contribution in [0, 0.1) is 0 Å². The van der Waals surface area contributed by atoms with E-state index in [-0.39, 0.29) is 17.9 Å². The lowest BCUT2D eigenvalue weighted by molar-refractivity contribution is -0.137. The van der Waals surface area contributed by atoms with E-state index in [2.05, 4.69) is 49.2 Å². The number of carbonyl (C=O) groups excluding carboxylic acids is 2. The van der Waals surface area contributed by atoms with Crippen molar-refractivity contribution in [1.82, 2.24) is 9.96 Å². The molecule has 8 heteroatoms. The fourth-order valence-electron chi connectivity index (χ4n) is 1.90. The molecule has 0 aliphatic heterocycles. The molecular formula is C14H34N2O3Si3. The minimum atomic E-state index is -1.92. The average Bonchev–Trinajstić information content (AvgIpc) is 2.17. The average molecular weight is 363 g/mol. The van der Waals surface area contributed by atoms with Gasteiger partial charge in [0.05, 0.1) is 6.04 Å². The van der Waals surface area contributed by atoms with Gasteiger partial charge in [0.15, 0.2) is 0 Å². The molecule has 0 rings (SSSR count). The van der Waals surface area contributed by atoms with Crippen molar-refractivity contribution in [1.29, 1.82) is 0 Å². The van der Waals surface area contributed by atoms with Crippen molar-refractivity contribution in [2.75, 3.05) is 0 Å². The van der Waals surface area contributed by atoms with Gasteiger partial charge in [-0.2, -0.15) is 0 Å². The summed E-state index contributed by atoms with van der Waals surface area (Å²) in [6.07, 6.45) is 0.844. The minimum Gasteiger partial charge on any atom is -0.519 e. The van der Waals surface area contributed by atoms with Crippen LogP contribution in [0.2, 0.25) is 58.9 Å². The third-order valence-electron chi connectivity index (χ3n) is 2.47. The first-order chi connectivity index (χ1) is 9.59. The molecule has 5 nitrogen and oxygen atoms in total.